The molecule has 30 heavy (non-hydrogen) atoms. The van der Waals surface area contributed by atoms with Crippen LogP contribution in [0.25, 0.3) is 0 Å². The minimum atomic E-state index is -0.415. The van der Waals surface area contributed by atoms with E-state index in [0.29, 0.717) is 11.4 Å². The third-order valence-corrected chi connectivity index (χ3v) is 7.50. The van der Waals surface area contributed by atoms with E-state index in [2.05, 4.69) is 11.9 Å². The lowest BCUT2D eigenvalue weighted by molar-refractivity contribution is -0.384. The number of nitro benzene ring substituents is 1. The van der Waals surface area contributed by atoms with Crippen molar-refractivity contribution in [1.29, 1.82) is 0 Å². The summed E-state index contributed by atoms with van der Waals surface area (Å²) < 4.78 is 0. The van der Waals surface area contributed by atoms with Crippen LogP contribution in [0.15, 0.2) is 30.4 Å². The molecular weight excluding hydrogens is 384 g/mol. The van der Waals surface area contributed by atoms with Gasteiger partial charge in [0.05, 0.1) is 22.4 Å². The van der Waals surface area contributed by atoms with Crippen LogP contribution in [0.3, 0.4) is 0 Å². The van der Waals surface area contributed by atoms with Crippen LogP contribution in [0, 0.1) is 33.8 Å². The van der Waals surface area contributed by atoms with E-state index < -0.39 is 4.92 Å². The number of imide groups is 1. The summed E-state index contributed by atoms with van der Waals surface area (Å²) in [6, 6.07) is 4.99. The quantitative estimate of drug-likeness (QED) is 0.328. The van der Waals surface area contributed by atoms with E-state index in [4.69, 9.17) is 0 Å². The number of hydrogen-bond donors (Lipinski definition) is 0. The van der Waals surface area contributed by atoms with Crippen LogP contribution < -0.4 is 9.80 Å². The van der Waals surface area contributed by atoms with E-state index in [1.54, 1.807) is 12.1 Å². The highest BCUT2D eigenvalue weighted by Crippen LogP contribution is 2.53. The van der Waals surface area contributed by atoms with Crippen LogP contribution >= 0.6 is 0 Å². The minimum absolute atomic E-state index is 0.0623. The Bertz CT molecular complexity index is 922. The van der Waals surface area contributed by atoms with Gasteiger partial charge in [0.2, 0.25) is 11.8 Å². The SMILES string of the molecule is CN1CCC(N(C)c2ccc(N3C(=O)C4C5C=CC(C5)C4C3=O)cc2[N+](=O)[O-])CC1. The van der Waals surface area contributed by atoms with Crippen molar-refractivity contribution in [2.24, 2.45) is 23.7 Å². The molecule has 0 N–H and O–H groups in total. The molecule has 2 bridgehead atoms. The molecule has 1 aromatic carbocycles. The van der Waals surface area contributed by atoms with Gasteiger partial charge in [-0.3, -0.25) is 19.7 Å². The molecule has 1 aromatic rings. The first-order valence-corrected chi connectivity index (χ1v) is 10.6. The van der Waals surface area contributed by atoms with Gasteiger partial charge in [0, 0.05) is 19.2 Å². The fourth-order valence-electron chi connectivity index (χ4n) is 5.83. The molecule has 0 aromatic heterocycles. The van der Waals surface area contributed by atoms with Gasteiger partial charge in [-0.25, -0.2) is 4.90 Å². The topological polar surface area (TPSA) is 87.0 Å². The molecular formula is C22H26N4O4. The number of amides is 2. The van der Waals surface area contributed by atoms with E-state index in [-0.39, 0.29) is 47.2 Å². The van der Waals surface area contributed by atoms with Gasteiger partial charge >= 0.3 is 0 Å². The van der Waals surface area contributed by atoms with Crippen molar-refractivity contribution in [2.45, 2.75) is 25.3 Å². The zero-order chi connectivity index (χ0) is 21.2. The molecule has 0 spiro atoms. The zero-order valence-electron chi connectivity index (χ0n) is 17.2. The van der Waals surface area contributed by atoms with Crippen molar-refractivity contribution in [1.82, 2.24) is 4.90 Å². The summed E-state index contributed by atoms with van der Waals surface area (Å²) in [4.78, 5) is 43.0. The van der Waals surface area contributed by atoms with Crippen molar-refractivity contribution >= 4 is 28.9 Å². The smallest absolute Gasteiger partial charge is 0.294 e. The Morgan fingerprint density at radius 1 is 1.07 bits per heavy atom. The highest BCUT2D eigenvalue weighted by molar-refractivity contribution is 6.23. The fraction of sp³-hybridized carbons (Fsp3) is 0.545. The first-order chi connectivity index (χ1) is 14.4. The number of carbonyl (C=O) groups is 2. The van der Waals surface area contributed by atoms with Gasteiger partial charge in [0.1, 0.15) is 5.69 Å². The Hall–Kier alpha value is -2.74. The Balaban J connectivity index is 1.45. The summed E-state index contributed by atoms with van der Waals surface area (Å²) in [5, 5.41) is 11.9. The molecule has 8 heteroatoms. The van der Waals surface area contributed by atoms with Crippen molar-refractivity contribution in [3.05, 3.63) is 40.5 Å². The number of piperidine rings is 1. The second-order valence-electron chi connectivity index (χ2n) is 9.09. The summed E-state index contributed by atoms with van der Waals surface area (Å²) in [6.45, 7) is 1.91. The molecule has 2 amide bonds. The van der Waals surface area contributed by atoms with Gasteiger partial charge in [-0.2, -0.15) is 0 Å². The van der Waals surface area contributed by atoms with Gasteiger partial charge in [-0.1, -0.05) is 12.2 Å². The van der Waals surface area contributed by atoms with Crippen molar-refractivity contribution < 1.29 is 14.5 Å². The summed E-state index contributed by atoms with van der Waals surface area (Å²) >= 11 is 0. The number of rotatable bonds is 4. The van der Waals surface area contributed by atoms with Gasteiger partial charge < -0.3 is 9.80 Å². The number of allylic oxidation sites excluding steroid dienone is 2. The van der Waals surface area contributed by atoms with E-state index >= 15 is 0 Å². The molecule has 2 aliphatic heterocycles. The molecule has 8 nitrogen and oxygen atoms in total. The normalized spacial score (nSPS) is 30.9. The van der Waals surface area contributed by atoms with Crippen LogP contribution in [0.1, 0.15) is 19.3 Å². The predicted octanol–water partition coefficient (Wildman–Crippen LogP) is 2.44. The molecule has 4 atom stereocenters. The molecule has 1 saturated carbocycles. The maximum atomic E-state index is 13.1. The van der Waals surface area contributed by atoms with Gasteiger partial charge in [0.15, 0.2) is 0 Å². The lowest BCUT2D eigenvalue weighted by Gasteiger charge is -2.36. The van der Waals surface area contributed by atoms with E-state index in [1.807, 2.05) is 24.1 Å². The number of likely N-dealkylation sites (tertiary alicyclic amines) is 1. The Labute approximate surface area is 175 Å². The Morgan fingerprint density at radius 2 is 1.67 bits per heavy atom. The third-order valence-electron chi connectivity index (χ3n) is 7.50. The zero-order valence-corrected chi connectivity index (χ0v) is 17.2. The number of nitro groups is 1. The van der Waals surface area contributed by atoms with Crippen LogP contribution in [0.2, 0.25) is 0 Å². The number of benzene rings is 1. The third kappa shape index (κ3) is 2.77. The number of nitrogens with zero attached hydrogens (tertiary/aromatic N) is 4. The summed E-state index contributed by atoms with van der Waals surface area (Å²) in [6.07, 6.45) is 6.83. The highest BCUT2D eigenvalue weighted by Gasteiger charge is 2.59. The average Bonchev–Trinajstić information content (AvgIpc) is 3.41. The molecule has 0 radical (unpaired) electrons. The average molecular weight is 410 g/mol. The summed E-state index contributed by atoms with van der Waals surface area (Å²) in [5.74, 6) is -0.820. The fourth-order valence-corrected chi connectivity index (χ4v) is 5.83. The van der Waals surface area contributed by atoms with Crippen LogP contribution in [-0.2, 0) is 9.59 Å². The number of carbonyl (C=O) groups excluding carboxylic acids is 2. The van der Waals surface area contributed by atoms with Gasteiger partial charge in [0.25, 0.3) is 5.69 Å². The second-order valence-corrected chi connectivity index (χ2v) is 9.09. The number of hydrogen-bond acceptors (Lipinski definition) is 6. The van der Waals surface area contributed by atoms with Crippen LogP contribution in [-0.4, -0.2) is 54.9 Å². The summed E-state index contributed by atoms with van der Waals surface area (Å²) in [5.41, 5.74) is 0.776. The molecule has 158 valence electrons. The second kappa shape index (κ2) is 6.91. The van der Waals surface area contributed by atoms with Crippen LogP contribution in [0.4, 0.5) is 17.1 Å². The molecule has 5 rings (SSSR count). The minimum Gasteiger partial charge on any atom is -0.366 e. The number of anilines is 2. The highest BCUT2D eigenvalue weighted by atomic mass is 16.6. The van der Waals surface area contributed by atoms with Gasteiger partial charge in [-0.05, 0) is 63.4 Å². The predicted molar refractivity (Wildman–Crippen MR) is 112 cm³/mol. The van der Waals surface area contributed by atoms with Crippen molar-refractivity contribution in [3.63, 3.8) is 0 Å². The standard InChI is InChI=1S/C22H26N4O4/c1-23-9-7-15(8-10-23)24(2)17-6-5-16(12-18(17)26(29)30)25-21(27)19-13-3-4-14(11-13)20(19)22(25)28/h3-6,12-15,19-20H,7-11H2,1-2H3. The van der Waals surface area contributed by atoms with E-state index in [0.717, 1.165) is 32.4 Å². The Kier molecular flexibility index (Phi) is 4.43. The van der Waals surface area contributed by atoms with Crippen molar-refractivity contribution in [2.75, 3.05) is 37.0 Å². The maximum Gasteiger partial charge on any atom is 0.294 e. The monoisotopic (exact) mass is 410 g/mol. The number of fused-ring (bicyclic) bond motifs is 5. The molecule has 4 unspecified atom stereocenters. The van der Waals surface area contributed by atoms with Crippen LogP contribution in [0.5, 0.6) is 0 Å². The molecule has 2 aliphatic carbocycles. The lowest BCUT2D eigenvalue weighted by Crippen LogP contribution is -2.42. The van der Waals surface area contributed by atoms with Crippen molar-refractivity contribution in [3.8, 4) is 0 Å². The summed E-state index contributed by atoms with van der Waals surface area (Å²) in [7, 11) is 3.96. The van der Waals surface area contributed by atoms with Gasteiger partial charge in [-0.15, -0.1) is 0 Å². The van der Waals surface area contributed by atoms with E-state index in [1.165, 1.54) is 11.0 Å². The molecule has 4 aliphatic rings. The maximum absolute atomic E-state index is 13.1. The lowest BCUT2D eigenvalue weighted by atomic mass is 9.85. The first kappa shape index (κ1) is 19.2. The van der Waals surface area contributed by atoms with E-state index in [9.17, 15) is 19.7 Å². The first-order valence-electron chi connectivity index (χ1n) is 10.6. The molecule has 2 saturated heterocycles. The Morgan fingerprint density at radius 3 is 2.23 bits per heavy atom. The molecule has 3 fully saturated rings. The largest absolute Gasteiger partial charge is 0.366 e. The molecule has 2 heterocycles.